The van der Waals surface area contributed by atoms with Gasteiger partial charge in [-0.3, -0.25) is 4.39 Å². The van der Waals surface area contributed by atoms with Gasteiger partial charge in [-0.25, -0.2) is 0 Å². The van der Waals surface area contributed by atoms with Crippen molar-refractivity contribution in [3.8, 4) is 17.2 Å². The Balaban J connectivity index is 0.00000196. The number of phenolic OH excluding ortho intramolecular Hbond substituents is 3. The first-order chi connectivity index (χ1) is 6.56. The molecular weight excluding hydrogens is 225 g/mol. The molecule has 4 nitrogen and oxygen atoms in total. The topological polar surface area (TPSA) is 86.7 Å². The van der Waals surface area contributed by atoms with Gasteiger partial charge in [-0.05, 0) is 6.42 Å². The van der Waals surface area contributed by atoms with Crippen molar-refractivity contribution in [2.75, 3.05) is 6.67 Å². The zero-order valence-electron chi connectivity index (χ0n) is 7.85. The van der Waals surface area contributed by atoms with Crippen LogP contribution < -0.4 is 5.73 Å². The molecule has 6 heteroatoms. The maximum atomic E-state index is 12.0. The first-order valence-corrected chi connectivity index (χ1v) is 4.12. The van der Waals surface area contributed by atoms with Gasteiger partial charge in [0.05, 0.1) is 12.2 Å². The summed E-state index contributed by atoms with van der Waals surface area (Å²) < 4.78 is 12.0. The van der Waals surface area contributed by atoms with E-state index in [4.69, 9.17) is 10.8 Å². The second-order valence-corrected chi connectivity index (χ2v) is 2.98. The summed E-state index contributed by atoms with van der Waals surface area (Å²) in [5.74, 6) is -0.928. The maximum absolute atomic E-state index is 12.0. The van der Waals surface area contributed by atoms with Crippen LogP contribution in [-0.4, -0.2) is 22.0 Å². The summed E-state index contributed by atoms with van der Waals surface area (Å²) in [6, 6.07) is 1.32. The highest BCUT2D eigenvalue weighted by atomic mass is 35.5. The van der Waals surface area contributed by atoms with Crippen LogP contribution in [0, 0.1) is 0 Å². The van der Waals surface area contributed by atoms with E-state index in [1.165, 1.54) is 0 Å². The highest BCUT2D eigenvalue weighted by Gasteiger charge is 2.16. The lowest BCUT2D eigenvalue weighted by molar-refractivity contribution is 0.394. The molecule has 0 aliphatic rings. The second kappa shape index (κ2) is 5.63. The fourth-order valence-corrected chi connectivity index (χ4v) is 1.25. The minimum absolute atomic E-state index is 0. The smallest absolute Gasteiger partial charge is 0.127 e. The van der Waals surface area contributed by atoms with Gasteiger partial charge in [-0.2, -0.15) is 0 Å². The van der Waals surface area contributed by atoms with Crippen molar-refractivity contribution >= 4 is 12.4 Å². The van der Waals surface area contributed by atoms with Gasteiger partial charge in [0.1, 0.15) is 17.2 Å². The predicted octanol–water partition coefficient (Wildman–Crippen LogP) is 1.58. The first kappa shape index (κ1) is 13.8. The van der Waals surface area contributed by atoms with Crippen LogP contribution in [0.15, 0.2) is 12.1 Å². The molecular formula is C9H13ClFNO3. The minimum atomic E-state index is -0.777. The molecule has 1 aromatic carbocycles. The number of phenols is 3. The molecule has 0 amide bonds. The summed E-state index contributed by atoms with van der Waals surface area (Å²) >= 11 is 0. The molecule has 1 rings (SSSR count). The lowest BCUT2D eigenvalue weighted by Gasteiger charge is -2.13. The second-order valence-electron chi connectivity index (χ2n) is 2.98. The number of nitrogens with two attached hydrogens (primary N) is 1. The Bertz CT molecular complexity index is 312. The van der Waals surface area contributed by atoms with Gasteiger partial charge in [-0.1, -0.05) is 0 Å². The summed E-state index contributed by atoms with van der Waals surface area (Å²) in [6.45, 7) is -0.638. The largest absolute Gasteiger partial charge is 0.508 e. The van der Waals surface area contributed by atoms with E-state index in [1.807, 2.05) is 0 Å². The zero-order valence-corrected chi connectivity index (χ0v) is 8.67. The van der Waals surface area contributed by atoms with Crippen LogP contribution in [0.5, 0.6) is 17.2 Å². The van der Waals surface area contributed by atoms with Crippen molar-refractivity contribution in [3.63, 3.8) is 0 Å². The average Bonchev–Trinajstić information content (AvgIpc) is 2.01. The molecule has 0 aliphatic carbocycles. The Morgan fingerprint density at radius 2 is 1.67 bits per heavy atom. The lowest BCUT2D eigenvalue weighted by Crippen LogP contribution is -2.11. The lowest BCUT2D eigenvalue weighted by atomic mass is 10.0. The van der Waals surface area contributed by atoms with Crippen LogP contribution in [0.3, 0.4) is 0 Å². The molecule has 0 unspecified atom stereocenters. The number of alkyl halides is 1. The summed E-state index contributed by atoms with van der Waals surface area (Å²) in [4.78, 5) is 0. The summed E-state index contributed by atoms with van der Waals surface area (Å²) in [7, 11) is 0. The summed E-state index contributed by atoms with van der Waals surface area (Å²) in [5, 5.41) is 27.7. The zero-order chi connectivity index (χ0) is 10.7. The van der Waals surface area contributed by atoms with E-state index in [0.717, 1.165) is 12.1 Å². The Hall–Kier alpha value is -1.20. The predicted molar refractivity (Wildman–Crippen MR) is 56.2 cm³/mol. The van der Waals surface area contributed by atoms with Gasteiger partial charge in [0.25, 0.3) is 0 Å². The van der Waals surface area contributed by atoms with Crippen LogP contribution in [0.2, 0.25) is 0 Å². The van der Waals surface area contributed by atoms with Crippen LogP contribution in [0.4, 0.5) is 4.39 Å². The van der Waals surface area contributed by atoms with Crippen molar-refractivity contribution in [2.24, 2.45) is 5.73 Å². The van der Waals surface area contributed by atoms with E-state index >= 15 is 0 Å². The SMILES string of the molecule is Cl.N[C@H](CCF)c1c(O)cc(O)cc1O. The summed E-state index contributed by atoms with van der Waals surface area (Å²) in [6.07, 6.45) is 0.00585. The fourth-order valence-electron chi connectivity index (χ4n) is 1.25. The van der Waals surface area contributed by atoms with E-state index in [1.54, 1.807) is 0 Å². The van der Waals surface area contributed by atoms with E-state index in [-0.39, 0.29) is 41.6 Å². The van der Waals surface area contributed by atoms with Crippen LogP contribution in [0.25, 0.3) is 0 Å². The van der Waals surface area contributed by atoms with Gasteiger partial charge in [-0.15, -0.1) is 12.4 Å². The maximum Gasteiger partial charge on any atom is 0.127 e. The number of hydrogen-bond acceptors (Lipinski definition) is 4. The van der Waals surface area contributed by atoms with Crippen molar-refractivity contribution in [3.05, 3.63) is 17.7 Å². The number of benzene rings is 1. The molecule has 0 saturated carbocycles. The molecule has 0 saturated heterocycles. The molecule has 0 aromatic heterocycles. The minimum Gasteiger partial charge on any atom is -0.508 e. The van der Waals surface area contributed by atoms with Gasteiger partial charge >= 0.3 is 0 Å². The number of halogens is 2. The third-order valence-corrected chi connectivity index (χ3v) is 1.91. The number of aromatic hydroxyl groups is 3. The molecule has 1 atom stereocenters. The Labute approximate surface area is 92.6 Å². The number of hydrogen-bond donors (Lipinski definition) is 4. The highest BCUT2D eigenvalue weighted by molar-refractivity contribution is 5.85. The van der Waals surface area contributed by atoms with Gasteiger partial charge in [0, 0.05) is 18.2 Å². The molecule has 0 spiro atoms. The molecule has 1 aromatic rings. The van der Waals surface area contributed by atoms with E-state index in [0.29, 0.717) is 0 Å². The van der Waals surface area contributed by atoms with E-state index < -0.39 is 12.7 Å². The Morgan fingerprint density at radius 3 is 2.07 bits per heavy atom. The molecule has 86 valence electrons. The van der Waals surface area contributed by atoms with Crippen molar-refractivity contribution < 1.29 is 19.7 Å². The highest BCUT2D eigenvalue weighted by Crippen LogP contribution is 2.36. The Morgan fingerprint density at radius 1 is 1.20 bits per heavy atom. The quantitative estimate of drug-likeness (QED) is 0.643. The summed E-state index contributed by atoms with van der Waals surface area (Å²) in [5.41, 5.74) is 5.57. The van der Waals surface area contributed by atoms with Crippen molar-refractivity contribution in [2.45, 2.75) is 12.5 Å². The number of rotatable bonds is 3. The fraction of sp³-hybridized carbons (Fsp3) is 0.333. The van der Waals surface area contributed by atoms with E-state index in [2.05, 4.69) is 0 Å². The van der Waals surface area contributed by atoms with Crippen LogP contribution in [-0.2, 0) is 0 Å². The molecule has 0 radical (unpaired) electrons. The van der Waals surface area contributed by atoms with Crippen molar-refractivity contribution in [1.29, 1.82) is 0 Å². The molecule has 15 heavy (non-hydrogen) atoms. The van der Waals surface area contributed by atoms with Gasteiger partial charge in [0.2, 0.25) is 0 Å². The van der Waals surface area contributed by atoms with Crippen LogP contribution in [0.1, 0.15) is 18.0 Å². The third-order valence-electron chi connectivity index (χ3n) is 1.91. The molecule has 0 heterocycles. The molecule has 0 fully saturated rings. The monoisotopic (exact) mass is 237 g/mol. The first-order valence-electron chi connectivity index (χ1n) is 4.12. The van der Waals surface area contributed by atoms with Gasteiger partial charge < -0.3 is 21.1 Å². The normalized spacial score (nSPS) is 11.9. The van der Waals surface area contributed by atoms with Gasteiger partial charge in [0.15, 0.2) is 0 Å². The third kappa shape index (κ3) is 3.14. The van der Waals surface area contributed by atoms with E-state index in [9.17, 15) is 14.6 Å². The standard InChI is InChI=1S/C9H12FNO3.ClH/c10-2-1-6(11)9-7(13)3-5(12)4-8(9)14;/h3-4,6,12-14H,1-2,11H2;1H/t6-;/m1./s1. The molecule has 5 N–H and O–H groups in total. The molecule has 0 bridgehead atoms. The van der Waals surface area contributed by atoms with Crippen molar-refractivity contribution in [1.82, 2.24) is 0 Å². The average molecular weight is 238 g/mol. The Kier molecular flexibility index (Phi) is 5.18. The molecule has 0 aliphatic heterocycles. The van der Waals surface area contributed by atoms with Crippen LogP contribution >= 0.6 is 12.4 Å².